The standard InChI is InChI=1S/C27H29NO4/c1-26(2)21-13-14-27(26,3)24-20(21)15-23(32-24)31-22(16-28)17-9-11-19(12-10-17)30-25(29)18-7-5-4-6-8-18/h4-12,20-24H,13-15H2,1-3H3/t20-,21-,22-,23-,24-,27+/m1/s1. The minimum absolute atomic E-state index is 0.173. The molecule has 2 aromatic rings. The van der Waals surface area contributed by atoms with Crippen LogP contribution < -0.4 is 4.74 Å². The van der Waals surface area contributed by atoms with Crippen molar-refractivity contribution in [3.63, 3.8) is 0 Å². The molecule has 0 amide bonds. The van der Waals surface area contributed by atoms with E-state index in [0.717, 1.165) is 12.0 Å². The second-order valence-electron chi connectivity index (χ2n) is 10.1. The second-order valence-corrected chi connectivity index (χ2v) is 10.1. The highest BCUT2D eigenvalue weighted by molar-refractivity contribution is 5.90. The van der Waals surface area contributed by atoms with Gasteiger partial charge in [0, 0.05) is 6.42 Å². The number of rotatable bonds is 5. The summed E-state index contributed by atoms with van der Waals surface area (Å²) in [7, 11) is 0. The Hall–Kier alpha value is -2.68. The van der Waals surface area contributed by atoms with Gasteiger partial charge in [-0.3, -0.25) is 0 Å². The van der Waals surface area contributed by atoms with Gasteiger partial charge in [0.15, 0.2) is 12.4 Å². The van der Waals surface area contributed by atoms with Gasteiger partial charge in [0.05, 0.1) is 17.7 Å². The van der Waals surface area contributed by atoms with Gasteiger partial charge in [-0.05, 0) is 65.3 Å². The predicted octanol–water partition coefficient (Wildman–Crippen LogP) is 5.67. The molecule has 6 atom stereocenters. The molecule has 166 valence electrons. The summed E-state index contributed by atoms with van der Waals surface area (Å²) in [5, 5.41) is 9.74. The summed E-state index contributed by atoms with van der Waals surface area (Å²) >= 11 is 0. The van der Waals surface area contributed by atoms with Crippen LogP contribution >= 0.6 is 0 Å². The van der Waals surface area contributed by atoms with Crippen LogP contribution in [0.15, 0.2) is 54.6 Å². The fourth-order valence-corrected chi connectivity index (χ4v) is 6.36. The van der Waals surface area contributed by atoms with Gasteiger partial charge >= 0.3 is 5.97 Å². The molecule has 1 heterocycles. The fraction of sp³-hybridized carbons (Fsp3) is 0.481. The quantitative estimate of drug-likeness (QED) is 0.450. The van der Waals surface area contributed by atoms with E-state index in [1.54, 1.807) is 48.5 Å². The van der Waals surface area contributed by atoms with E-state index in [-0.39, 0.29) is 23.2 Å². The van der Waals surface area contributed by atoms with Gasteiger partial charge in [0.1, 0.15) is 5.75 Å². The maximum absolute atomic E-state index is 12.2. The highest BCUT2D eigenvalue weighted by atomic mass is 16.7. The van der Waals surface area contributed by atoms with Crippen molar-refractivity contribution in [2.75, 3.05) is 0 Å². The molecule has 1 saturated heterocycles. The average Bonchev–Trinajstić information content (AvgIpc) is 3.37. The smallest absolute Gasteiger partial charge is 0.343 e. The van der Waals surface area contributed by atoms with Gasteiger partial charge < -0.3 is 14.2 Å². The minimum Gasteiger partial charge on any atom is -0.423 e. The van der Waals surface area contributed by atoms with Crippen LogP contribution in [0.1, 0.15) is 62.1 Å². The number of benzene rings is 2. The number of hydrogen-bond donors (Lipinski definition) is 0. The number of carbonyl (C=O) groups excluding carboxylic acids is 1. The Morgan fingerprint density at radius 1 is 1.12 bits per heavy atom. The zero-order chi connectivity index (χ0) is 22.5. The second kappa shape index (κ2) is 7.72. The van der Waals surface area contributed by atoms with Crippen molar-refractivity contribution in [2.45, 2.75) is 58.5 Å². The lowest BCUT2D eigenvalue weighted by molar-refractivity contribution is -0.177. The molecule has 3 fully saturated rings. The van der Waals surface area contributed by atoms with E-state index in [4.69, 9.17) is 14.2 Å². The Labute approximate surface area is 189 Å². The third-order valence-electron chi connectivity index (χ3n) is 8.48. The van der Waals surface area contributed by atoms with E-state index in [0.29, 0.717) is 23.1 Å². The molecule has 0 unspecified atom stereocenters. The Bertz CT molecular complexity index is 1040. The minimum atomic E-state index is -0.726. The van der Waals surface area contributed by atoms with Crippen LogP contribution in [0, 0.1) is 34.0 Å². The topological polar surface area (TPSA) is 68.6 Å². The predicted molar refractivity (Wildman–Crippen MR) is 119 cm³/mol. The molecule has 5 rings (SSSR count). The molecular weight excluding hydrogens is 402 g/mol. The molecule has 2 aromatic carbocycles. The molecule has 2 saturated carbocycles. The first-order chi connectivity index (χ1) is 15.3. The van der Waals surface area contributed by atoms with Crippen molar-refractivity contribution in [3.8, 4) is 11.8 Å². The molecule has 0 spiro atoms. The highest BCUT2D eigenvalue weighted by Crippen LogP contribution is 2.71. The summed E-state index contributed by atoms with van der Waals surface area (Å²) in [6.07, 6.45) is 2.42. The van der Waals surface area contributed by atoms with Crippen LogP contribution in [0.2, 0.25) is 0 Å². The number of ether oxygens (including phenoxy) is 3. The van der Waals surface area contributed by atoms with Crippen LogP contribution in [0.5, 0.6) is 5.75 Å². The van der Waals surface area contributed by atoms with Crippen molar-refractivity contribution in [2.24, 2.45) is 22.7 Å². The van der Waals surface area contributed by atoms with Crippen LogP contribution in [0.3, 0.4) is 0 Å². The largest absolute Gasteiger partial charge is 0.423 e. The molecule has 5 heteroatoms. The zero-order valence-electron chi connectivity index (χ0n) is 18.8. The summed E-state index contributed by atoms with van der Waals surface area (Å²) in [5.41, 5.74) is 1.67. The first-order valence-electron chi connectivity index (χ1n) is 11.4. The lowest BCUT2D eigenvalue weighted by Crippen LogP contribution is -2.38. The summed E-state index contributed by atoms with van der Waals surface area (Å²) < 4.78 is 17.9. The zero-order valence-corrected chi connectivity index (χ0v) is 18.8. The van der Waals surface area contributed by atoms with E-state index in [2.05, 4.69) is 26.8 Å². The molecule has 2 bridgehead atoms. The van der Waals surface area contributed by atoms with Crippen molar-refractivity contribution in [3.05, 3.63) is 65.7 Å². The molecule has 3 aliphatic rings. The molecule has 32 heavy (non-hydrogen) atoms. The number of carbonyl (C=O) groups is 1. The van der Waals surface area contributed by atoms with Crippen LogP contribution in [0.25, 0.3) is 0 Å². The van der Waals surface area contributed by atoms with Crippen LogP contribution in [0.4, 0.5) is 0 Å². The van der Waals surface area contributed by atoms with E-state index in [1.165, 1.54) is 12.8 Å². The van der Waals surface area contributed by atoms with E-state index in [9.17, 15) is 10.1 Å². The molecular formula is C27H29NO4. The summed E-state index contributed by atoms with van der Waals surface area (Å²) in [6, 6.07) is 18.0. The lowest BCUT2D eigenvalue weighted by Gasteiger charge is -2.38. The normalized spacial score (nSPS) is 32.8. The molecule has 2 aliphatic carbocycles. The monoisotopic (exact) mass is 431 g/mol. The summed E-state index contributed by atoms with van der Waals surface area (Å²) in [6.45, 7) is 7.12. The molecule has 0 aromatic heterocycles. The summed E-state index contributed by atoms with van der Waals surface area (Å²) in [5.74, 6) is 1.18. The Kier molecular flexibility index (Phi) is 5.11. The van der Waals surface area contributed by atoms with Gasteiger partial charge in [-0.2, -0.15) is 5.26 Å². The Morgan fingerprint density at radius 2 is 1.84 bits per heavy atom. The van der Waals surface area contributed by atoms with E-state index < -0.39 is 12.1 Å². The molecule has 0 N–H and O–H groups in total. The van der Waals surface area contributed by atoms with Crippen molar-refractivity contribution < 1.29 is 19.0 Å². The number of nitriles is 1. The first-order valence-corrected chi connectivity index (χ1v) is 11.4. The summed E-state index contributed by atoms with van der Waals surface area (Å²) in [4.78, 5) is 12.2. The number of fused-ring (bicyclic) bond motifs is 5. The first kappa shape index (κ1) is 21.2. The molecule has 0 radical (unpaired) electrons. The average molecular weight is 432 g/mol. The highest BCUT2D eigenvalue weighted by Gasteiger charge is 2.69. The van der Waals surface area contributed by atoms with Gasteiger partial charge in [0.2, 0.25) is 0 Å². The van der Waals surface area contributed by atoms with E-state index in [1.807, 2.05) is 6.07 Å². The van der Waals surface area contributed by atoms with Gasteiger partial charge in [0.25, 0.3) is 0 Å². The fourth-order valence-electron chi connectivity index (χ4n) is 6.36. The third kappa shape index (κ3) is 3.25. The van der Waals surface area contributed by atoms with Gasteiger partial charge in [-0.25, -0.2) is 4.79 Å². The number of esters is 1. The van der Waals surface area contributed by atoms with Crippen molar-refractivity contribution in [1.29, 1.82) is 5.26 Å². The maximum atomic E-state index is 12.2. The van der Waals surface area contributed by atoms with Crippen molar-refractivity contribution >= 4 is 5.97 Å². The molecule has 1 aliphatic heterocycles. The van der Waals surface area contributed by atoms with Crippen LogP contribution in [-0.2, 0) is 9.47 Å². The lowest BCUT2D eigenvalue weighted by atomic mass is 9.70. The Balaban J connectivity index is 1.23. The number of nitrogens with zero attached hydrogens (tertiary/aromatic N) is 1. The molecule has 5 nitrogen and oxygen atoms in total. The SMILES string of the molecule is CC1(C)[C@@H]2CC[C@@]1(C)[C@@H]1O[C@@H](O[C@H](C#N)c3ccc(OC(=O)c4ccccc4)cc3)C[C@H]21. The van der Waals surface area contributed by atoms with E-state index >= 15 is 0 Å². The third-order valence-corrected chi connectivity index (χ3v) is 8.48. The Morgan fingerprint density at radius 3 is 2.50 bits per heavy atom. The van der Waals surface area contributed by atoms with Gasteiger partial charge in [-0.1, -0.05) is 51.1 Å². The van der Waals surface area contributed by atoms with Gasteiger partial charge in [-0.15, -0.1) is 0 Å². The van der Waals surface area contributed by atoms with Crippen LogP contribution in [-0.4, -0.2) is 18.4 Å². The number of hydrogen-bond acceptors (Lipinski definition) is 5. The van der Waals surface area contributed by atoms with Crippen molar-refractivity contribution in [1.82, 2.24) is 0 Å². The maximum Gasteiger partial charge on any atom is 0.343 e.